The van der Waals surface area contributed by atoms with Crippen molar-refractivity contribution >= 4 is 23.2 Å². The zero-order valence-electron chi connectivity index (χ0n) is 17.7. The van der Waals surface area contributed by atoms with Crippen LogP contribution in [-0.4, -0.2) is 36.3 Å². The number of amides is 2. The normalized spacial score (nSPS) is 18.6. The second-order valence-electron chi connectivity index (χ2n) is 8.60. The van der Waals surface area contributed by atoms with Crippen molar-refractivity contribution in [2.24, 2.45) is 0 Å². The van der Waals surface area contributed by atoms with Crippen LogP contribution in [-0.2, 0) is 16.0 Å². The van der Waals surface area contributed by atoms with Gasteiger partial charge in [0.2, 0.25) is 11.8 Å². The molecule has 4 rings (SSSR count). The molecule has 5 heteroatoms. The van der Waals surface area contributed by atoms with E-state index >= 15 is 0 Å². The van der Waals surface area contributed by atoms with Crippen LogP contribution in [0, 0.1) is 6.92 Å². The predicted octanol–water partition coefficient (Wildman–Crippen LogP) is 4.48. The Kier molecular flexibility index (Phi) is 6.48. The molecule has 2 aromatic rings. The van der Waals surface area contributed by atoms with Gasteiger partial charge in [-0.1, -0.05) is 36.8 Å². The summed E-state index contributed by atoms with van der Waals surface area (Å²) in [6, 6.07) is 14.1. The molecule has 2 N–H and O–H groups in total. The fourth-order valence-electron chi connectivity index (χ4n) is 4.64. The van der Waals surface area contributed by atoms with Gasteiger partial charge >= 0.3 is 0 Å². The fourth-order valence-corrected chi connectivity index (χ4v) is 4.64. The first-order chi connectivity index (χ1) is 14.6. The van der Waals surface area contributed by atoms with Gasteiger partial charge in [-0.2, -0.15) is 0 Å². The molecule has 0 spiro atoms. The zero-order chi connectivity index (χ0) is 20.9. The second kappa shape index (κ2) is 9.43. The number of fused-ring (bicyclic) bond motifs is 1. The van der Waals surface area contributed by atoms with Crippen LogP contribution in [0.3, 0.4) is 0 Å². The molecular weight excluding hydrogens is 374 g/mol. The molecule has 2 aromatic carbocycles. The Bertz CT molecular complexity index is 918. The highest BCUT2D eigenvalue weighted by Gasteiger charge is 2.24. The molecule has 5 nitrogen and oxygen atoms in total. The number of likely N-dealkylation sites (tertiary alicyclic amines) is 1. The molecule has 1 aliphatic heterocycles. The van der Waals surface area contributed by atoms with Crippen LogP contribution in [0.1, 0.15) is 54.7 Å². The van der Waals surface area contributed by atoms with E-state index < -0.39 is 0 Å². The number of hydrogen-bond donors (Lipinski definition) is 2. The summed E-state index contributed by atoms with van der Waals surface area (Å²) in [5, 5.41) is 6.05. The van der Waals surface area contributed by atoms with Gasteiger partial charge in [0.1, 0.15) is 0 Å². The van der Waals surface area contributed by atoms with Gasteiger partial charge in [0.15, 0.2) is 0 Å². The number of rotatable bonds is 6. The highest BCUT2D eigenvalue weighted by Crippen LogP contribution is 2.35. The largest absolute Gasteiger partial charge is 0.326 e. The lowest BCUT2D eigenvalue weighted by Gasteiger charge is -2.25. The van der Waals surface area contributed by atoms with Gasteiger partial charge < -0.3 is 10.6 Å². The maximum Gasteiger partial charge on any atom is 0.238 e. The molecule has 0 radical (unpaired) electrons. The highest BCUT2D eigenvalue weighted by molar-refractivity contribution is 5.95. The molecule has 1 aliphatic carbocycles. The first kappa shape index (κ1) is 20.6. The van der Waals surface area contributed by atoms with Crippen molar-refractivity contribution in [2.45, 2.75) is 51.4 Å². The van der Waals surface area contributed by atoms with Gasteiger partial charge in [0.05, 0.1) is 6.54 Å². The van der Waals surface area contributed by atoms with E-state index in [0.29, 0.717) is 13.0 Å². The number of carbonyl (C=O) groups is 2. The zero-order valence-corrected chi connectivity index (χ0v) is 17.7. The number of nitrogens with zero attached hydrogens (tertiary/aromatic N) is 1. The van der Waals surface area contributed by atoms with Crippen LogP contribution < -0.4 is 10.6 Å². The molecule has 30 heavy (non-hydrogen) atoms. The quantitative estimate of drug-likeness (QED) is 0.745. The van der Waals surface area contributed by atoms with Gasteiger partial charge in [-0.15, -0.1) is 0 Å². The van der Waals surface area contributed by atoms with Crippen molar-refractivity contribution in [3.63, 3.8) is 0 Å². The SMILES string of the molecule is Cc1ccc(NC(=O)CC2CCc3ccccc32)cc1NC(=O)CN1CCCCC1. The van der Waals surface area contributed by atoms with E-state index in [9.17, 15) is 9.59 Å². The fraction of sp³-hybridized carbons (Fsp3) is 0.440. The van der Waals surface area contributed by atoms with Crippen LogP contribution in [0.4, 0.5) is 11.4 Å². The summed E-state index contributed by atoms with van der Waals surface area (Å²) in [6.45, 7) is 4.38. The van der Waals surface area contributed by atoms with Gasteiger partial charge in [-0.3, -0.25) is 14.5 Å². The van der Waals surface area contributed by atoms with Crippen LogP contribution in [0.2, 0.25) is 0 Å². The standard InChI is InChI=1S/C25H31N3O2/c1-18-9-12-21(16-23(18)27-25(30)17-28-13-5-2-6-14-28)26-24(29)15-20-11-10-19-7-3-4-8-22(19)20/h3-4,7-9,12,16,20H,2,5-6,10-11,13-15,17H2,1H3,(H,26,29)(H,27,30). The molecule has 0 saturated carbocycles. The first-order valence-corrected chi connectivity index (χ1v) is 11.1. The summed E-state index contributed by atoms with van der Waals surface area (Å²) in [4.78, 5) is 27.3. The Morgan fingerprint density at radius 1 is 1.00 bits per heavy atom. The Morgan fingerprint density at radius 2 is 1.80 bits per heavy atom. The molecule has 1 fully saturated rings. The molecule has 1 heterocycles. The number of aryl methyl sites for hydroxylation is 2. The van der Waals surface area contributed by atoms with E-state index in [2.05, 4.69) is 33.7 Å². The third kappa shape index (κ3) is 5.08. The summed E-state index contributed by atoms with van der Waals surface area (Å²) < 4.78 is 0. The summed E-state index contributed by atoms with van der Waals surface area (Å²) in [5.41, 5.74) is 5.16. The Balaban J connectivity index is 1.34. The van der Waals surface area contributed by atoms with Crippen LogP contribution in [0.5, 0.6) is 0 Å². The number of hydrogen-bond acceptors (Lipinski definition) is 3. The number of anilines is 2. The smallest absolute Gasteiger partial charge is 0.238 e. The first-order valence-electron chi connectivity index (χ1n) is 11.1. The third-order valence-corrected chi connectivity index (χ3v) is 6.30. The molecule has 0 bridgehead atoms. The minimum absolute atomic E-state index is 0.00559. The Hall–Kier alpha value is -2.66. The van der Waals surface area contributed by atoms with E-state index in [0.717, 1.165) is 42.9 Å². The maximum absolute atomic E-state index is 12.7. The van der Waals surface area contributed by atoms with Crippen molar-refractivity contribution in [1.82, 2.24) is 4.90 Å². The third-order valence-electron chi connectivity index (χ3n) is 6.30. The lowest BCUT2D eigenvalue weighted by atomic mass is 9.97. The van der Waals surface area contributed by atoms with Crippen LogP contribution in [0.15, 0.2) is 42.5 Å². The maximum atomic E-state index is 12.7. The van der Waals surface area contributed by atoms with Gasteiger partial charge in [-0.05, 0) is 80.4 Å². The highest BCUT2D eigenvalue weighted by atomic mass is 16.2. The minimum atomic E-state index is 0.00559. The molecule has 1 unspecified atom stereocenters. The molecule has 0 aromatic heterocycles. The molecular formula is C25H31N3O2. The molecule has 1 atom stereocenters. The molecule has 1 saturated heterocycles. The molecule has 2 amide bonds. The van der Waals surface area contributed by atoms with E-state index in [4.69, 9.17) is 0 Å². The Labute approximate surface area is 178 Å². The summed E-state index contributed by atoms with van der Waals surface area (Å²) in [5.74, 6) is 0.313. The van der Waals surface area contributed by atoms with E-state index in [1.54, 1.807) is 0 Å². The average Bonchev–Trinajstić information content (AvgIpc) is 3.14. The van der Waals surface area contributed by atoms with E-state index in [1.165, 1.54) is 30.4 Å². The van der Waals surface area contributed by atoms with Crippen molar-refractivity contribution in [3.8, 4) is 0 Å². The lowest BCUT2D eigenvalue weighted by molar-refractivity contribution is -0.118. The number of nitrogens with one attached hydrogen (secondary N) is 2. The van der Waals surface area contributed by atoms with Crippen molar-refractivity contribution in [2.75, 3.05) is 30.3 Å². The topological polar surface area (TPSA) is 61.4 Å². The van der Waals surface area contributed by atoms with Crippen molar-refractivity contribution in [1.29, 1.82) is 0 Å². The minimum Gasteiger partial charge on any atom is -0.326 e. The van der Waals surface area contributed by atoms with Crippen LogP contribution in [0.25, 0.3) is 0 Å². The summed E-state index contributed by atoms with van der Waals surface area (Å²) in [6.07, 6.45) is 6.15. The van der Waals surface area contributed by atoms with Crippen LogP contribution >= 0.6 is 0 Å². The molecule has 158 valence electrons. The lowest BCUT2D eigenvalue weighted by Crippen LogP contribution is -2.36. The van der Waals surface area contributed by atoms with Crippen molar-refractivity contribution in [3.05, 3.63) is 59.2 Å². The van der Waals surface area contributed by atoms with Crippen molar-refractivity contribution < 1.29 is 9.59 Å². The molecule has 2 aliphatic rings. The van der Waals surface area contributed by atoms with Gasteiger partial charge in [0, 0.05) is 17.8 Å². The number of benzene rings is 2. The summed E-state index contributed by atoms with van der Waals surface area (Å²) >= 11 is 0. The van der Waals surface area contributed by atoms with Gasteiger partial charge in [-0.25, -0.2) is 0 Å². The Morgan fingerprint density at radius 3 is 2.63 bits per heavy atom. The second-order valence-corrected chi connectivity index (χ2v) is 8.60. The average molecular weight is 406 g/mol. The monoisotopic (exact) mass is 405 g/mol. The van der Waals surface area contributed by atoms with E-state index in [1.807, 2.05) is 31.2 Å². The predicted molar refractivity (Wildman–Crippen MR) is 121 cm³/mol. The number of carbonyl (C=O) groups excluding carboxylic acids is 2. The number of piperidine rings is 1. The summed E-state index contributed by atoms with van der Waals surface area (Å²) in [7, 11) is 0. The van der Waals surface area contributed by atoms with E-state index in [-0.39, 0.29) is 17.7 Å². The van der Waals surface area contributed by atoms with Gasteiger partial charge in [0.25, 0.3) is 0 Å².